The summed E-state index contributed by atoms with van der Waals surface area (Å²) in [5, 5.41) is 13.7. The number of rotatable bonds is 4. The second-order valence-electron chi connectivity index (χ2n) is 4.97. The van der Waals surface area contributed by atoms with Crippen molar-refractivity contribution in [1.82, 2.24) is 5.32 Å². The molecule has 1 saturated carbocycles. The van der Waals surface area contributed by atoms with E-state index < -0.39 is 4.92 Å². The van der Waals surface area contributed by atoms with Gasteiger partial charge in [0.15, 0.2) is 0 Å². The average molecular weight is 263 g/mol. The number of nitrogens with two attached hydrogens (primary N) is 1. The third kappa shape index (κ3) is 2.52. The third-order valence-corrected chi connectivity index (χ3v) is 3.85. The smallest absolute Gasteiger partial charge is 0.292 e. The lowest BCUT2D eigenvalue weighted by atomic mass is 9.74. The number of carbonyl (C=O) groups excluding carboxylic acids is 1. The van der Waals surface area contributed by atoms with Crippen LogP contribution in [0, 0.1) is 10.1 Å². The van der Waals surface area contributed by atoms with Crippen molar-refractivity contribution in [2.75, 3.05) is 5.73 Å². The Morgan fingerprint density at radius 2 is 2.21 bits per heavy atom. The van der Waals surface area contributed by atoms with Crippen molar-refractivity contribution in [3.05, 3.63) is 33.9 Å². The highest BCUT2D eigenvalue weighted by atomic mass is 16.6. The summed E-state index contributed by atoms with van der Waals surface area (Å²) in [5.41, 5.74) is 5.68. The molecule has 0 aromatic heterocycles. The van der Waals surface area contributed by atoms with Gasteiger partial charge in [0, 0.05) is 17.2 Å². The third-order valence-electron chi connectivity index (χ3n) is 3.85. The Balaban J connectivity index is 2.16. The Bertz CT molecular complexity index is 518. The van der Waals surface area contributed by atoms with Crippen LogP contribution in [0.2, 0.25) is 0 Å². The first kappa shape index (κ1) is 13.3. The molecule has 2 rings (SSSR count). The lowest BCUT2D eigenvalue weighted by Crippen LogP contribution is -2.52. The Hall–Kier alpha value is -2.11. The topological polar surface area (TPSA) is 98.3 Å². The van der Waals surface area contributed by atoms with E-state index in [9.17, 15) is 14.9 Å². The molecular weight excluding hydrogens is 246 g/mol. The van der Waals surface area contributed by atoms with E-state index in [2.05, 4.69) is 5.32 Å². The SMILES string of the molecule is CCC1(NC(=O)c2ccc([N+](=O)[O-])c(N)c2)CCC1. The Labute approximate surface area is 111 Å². The van der Waals surface area contributed by atoms with Crippen molar-refractivity contribution >= 4 is 17.3 Å². The minimum atomic E-state index is -0.559. The van der Waals surface area contributed by atoms with Crippen molar-refractivity contribution in [1.29, 1.82) is 0 Å². The molecule has 19 heavy (non-hydrogen) atoms. The Morgan fingerprint density at radius 3 is 2.63 bits per heavy atom. The van der Waals surface area contributed by atoms with Crippen molar-refractivity contribution in [2.24, 2.45) is 0 Å². The summed E-state index contributed by atoms with van der Waals surface area (Å²) in [6, 6.07) is 4.06. The van der Waals surface area contributed by atoms with Gasteiger partial charge in [-0.2, -0.15) is 0 Å². The molecule has 3 N–H and O–H groups in total. The van der Waals surface area contributed by atoms with Crippen LogP contribution in [0.15, 0.2) is 18.2 Å². The molecule has 1 aliphatic carbocycles. The number of nitrogens with one attached hydrogen (secondary N) is 1. The number of benzene rings is 1. The van der Waals surface area contributed by atoms with Crippen LogP contribution in [0.25, 0.3) is 0 Å². The van der Waals surface area contributed by atoms with Gasteiger partial charge in [-0.05, 0) is 37.8 Å². The molecule has 102 valence electrons. The van der Waals surface area contributed by atoms with E-state index >= 15 is 0 Å². The summed E-state index contributed by atoms with van der Waals surface area (Å²) < 4.78 is 0. The van der Waals surface area contributed by atoms with Gasteiger partial charge >= 0.3 is 0 Å². The van der Waals surface area contributed by atoms with Gasteiger partial charge in [-0.25, -0.2) is 0 Å². The molecule has 6 heteroatoms. The maximum Gasteiger partial charge on any atom is 0.292 e. The molecule has 1 aromatic rings. The highest BCUT2D eigenvalue weighted by molar-refractivity contribution is 5.96. The quantitative estimate of drug-likeness (QED) is 0.494. The molecule has 1 fully saturated rings. The predicted octanol–water partition coefficient (Wildman–Crippen LogP) is 2.24. The number of hydrogen-bond donors (Lipinski definition) is 2. The van der Waals surface area contributed by atoms with Crippen LogP contribution in [0.1, 0.15) is 43.0 Å². The van der Waals surface area contributed by atoms with Crippen LogP contribution < -0.4 is 11.1 Å². The van der Waals surface area contributed by atoms with Gasteiger partial charge in [-0.1, -0.05) is 6.92 Å². The first-order valence-corrected chi connectivity index (χ1v) is 6.34. The van der Waals surface area contributed by atoms with Crippen molar-refractivity contribution in [3.63, 3.8) is 0 Å². The van der Waals surface area contributed by atoms with Gasteiger partial charge in [-0.15, -0.1) is 0 Å². The maximum absolute atomic E-state index is 12.1. The summed E-state index contributed by atoms with van der Waals surface area (Å²) >= 11 is 0. The first-order valence-electron chi connectivity index (χ1n) is 6.34. The molecular formula is C13H17N3O3. The van der Waals surface area contributed by atoms with Gasteiger partial charge in [0.2, 0.25) is 0 Å². The van der Waals surface area contributed by atoms with Gasteiger partial charge in [0.25, 0.3) is 11.6 Å². The lowest BCUT2D eigenvalue weighted by Gasteiger charge is -2.42. The molecule has 0 radical (unpaired) electrons. The molecule has 1 amide bonds. The molecule has 0 atom stereocenters. The Kier molecular flexibility index (Phi) is 3.42. The summed E-state index contributed by atoms with van der Waals surface area (Å²) in [6.45, 7) is 2.05. The fourth-order valence-electron chi connectivity index (χ4n) is 2.35. The zero-order chi connectivity index (χ0) is 14.0. The number of amides is 1. The van der Waals surface area contributed by atoms with Crippen molar-refractivity contribution in [3.8, 4) is 0 Å². The number of nitro benzene ring substituents is 1. The highest BCUT2D eigenvalue weighted by Crippen LogP contribution is 2.35. The van der Waals surface area contributed by atoms with Gasteiger partial charge in [0.1, 0.15) is 5.69 Å². The predicted molar refractivity (Wildman–Crippen MR) is 71.8 cm³/mol. The van der Waals surface area contributed by atoms with Crippen LogP contribution in [-0.4, -0.2) is 16.4 Å². The molecule has 6 nitrogen and oxygen atoms in total. The molecule has 0 unspecified atom stereocenters. The summed E-state index contributed by atoms with van der Waals surface area (Å²) in [5.74, 6) is -0.219. The van der Waals surface area contributed by atoms with E-state index in [0.29, 0.717) is 5.56 Å². The van der Waals surface area contributed by atoms with E-state index in [-0.39, 0.29) is 22.8 Å². The zero-order valence-corrected chi connectivity index (χ0v) is 10.8. The first-order chi connectivity index (χ1) is 8.97. The number of carbonyl (C=O) groups is 1. The summed E-state index contributed by atoms with van der Waals surface area (Å²) in [7, 11) is 0. The van der Waals surface area contributed by atoms with Crippen LogP contribution >= 0.6 is 0 Å². The molecule has 1 aliphatic rings. The Morgan fingerprint density at radius 1 is 1.53 bits per heavy atom. The fourth-order valence-corrected chi connectivity index (χ4v) is 2.35. The number of nitrogens with zero attached hydrogens (tertiary/aromatic N) is 1. The largest absolute Gasteiger partial charge is 0.393 e. The zero-order valence-electron chi connectivity index (χ0n) is 10.8. The van der Waals surface area contributed by atoms with Crippen LogP contribution in [0.5, 0.6) is 0 Å². The van der Waals surface area contributed by atoms with Gasteiger partial charge in [-0.3, -0.25) is 14.9 Å². The van der Waals surface area contributed by atoms with E-state index in [1.54, 1.807) is 0 Å². The molecule has 0 heterocycles. The van der Waals surface area contributed by atoms with E-state index in [1.807, 2.05) is 6.92 Å². The average Bonchev–Trinajstić information content (AvgIpc) is 2.33. The normalized spacial score (nSPS) is 16.5. The summed E-state index contributed by atoms with van der Waals surface area (Å²) in [4.78, 5) is 22.2. The van der Waals surface area contributed by atoms with Crippen LogP contribution in [0.4, 0.5) is 11.4 Å². The minimum absolute atomic E-state index is 0.0109. The number of anilines is 1. The number of hydrogen-bond acceptors (Lipinski definition) is 4. The second-order valence-corrected chi connectivity index (χ2v) is 4.97. The standard InChI is InChI=1S/C13H17N3O3/c1-2-13(6-3-7-13)15-12(17)9-4-5-11(16(18)19)10(14)8-9/h4-5,8H,2-3,6-7,14H2,1H3,(H,15,17). The molecule has 1 aromatic carbocycles. The van der Waals surface area contributed by atoms with Gasteiger partial charge in [0.05, 0.1) is 4.92 Å². The van der Waals surface area contributed by atoms with Crippen LogP contribution in [-0.2, 0) is 0 Å². The highest BCUT2D eigenvalue weighted by Gasteiger charge is 2.36. The monoisotopic (exact) mass is 263 g/mol. The van der Waals surface area contributed by atoms with Gasteiger partial charge < -0.3 is 11.1 Å². The van der Waals surface area contributed by atoms with E-state index in [0.717, 1.165) is 25.7 Å². The van der Waals surface area contributed by atoms with E-state index in [4.69, 9.17) is 5.73 Å². The second kappa shape index (κ2) is 4.87. The number of nitro groups is 1. The van der Waals surface area contributed by atoms with Crippen LogP contribution in [0.3, 0.4) is 0 Å². The molecule has 0 saturated heterocycles. The number of nitrogen functional groups attached to an aromatic ring is 1. The van der Waals surface area contributed by atoms with Crippen molar-refractivity contribution < 1.29 is 9.72 Å². The minimum Gasteiger partial charge on any atom is -0.393 e. The fraction of sp³-hybridized carbons (Fsp3) is 0.462. The molecule has 0 aliphatic heterocycles. The lowest BCUT2D eigenvalue weighted by molar-refractivity contribution is -0.383. The maximum atomic E-state index is 12.1. The van der Waals surface area contributed by atoms with E-state index in [1.165, 1.54) is 18.2 Å². The summed E-state index contributed by atoms with van der Waals surface area (Å²) in [6.07, 6.45) is 3.98. The van der Waals surface area contributed by atoms with Crippen molar-refractivity contribution in [2.45, 2.75) is 38.1 Å². The molecule has 0 bridgehead atoms. The molecule has 0 spiro atoms.